The largest absolute Gasteiger partial charge is 0.481 e. The number of carboxylic acid groups (broad SMARTS) is 1. The molecule has 0 radical (unpaired) electrons. The summed E-state index contributed by atoms with van der Waals surface area (Å²) < 4.78 is 0. The highest BCUT2D eigenvalue weighted by Gasteiger charge is 2.22. The van der Waals surface area contributed by atoms with Crippen molar-refractivity contribution in [3.63, 3.8) is 0 Å². The monoisotopic (exact) mass is 277 g/mol. The van der Waals surface area contributed by atoms with Gasteiger partial charge in [-0.15, -0.1) is 0 Å². The molecule has 110 valence electrons. The predicted octanol–water partition coefficient (Wildman–Crippen LogP) is 2.75. The van der Waals surface area contributed by atoms with Crippen LogP contribution in [0.1, 0.15) is 38.7 Å². The molecule has 1 rings (SSSR count). The molecule has 0 saturated carbocycles. The number of amides is 1. The number of aliphatic carboxylic acids is 1. The second kappa shape index (κ2) is 7.68. The Hall–Kier alpha value is -1.84. The molecule has 0 saturated heterocycles. The van der Waals surface area contributed by atoms with Gasteiger partial charge in [0.15, 0.2) is 0 Å². The van der Waals surface area contributed by atoms with E-state index in [1.165, 1.54) is 0 Å². The van der Waals surface area contributed by atoms with Crippen LogP contribution in [0.15, 0.2) is 30.3 Å². The molecule has 0 spiro atoms. The van der Waals surface area contributed by atoms with Crippen LogP contribution in [0.5, 0.6) is 0 Å². The fourth-order valence-electron chi connectivity index (χ4n) is 2.12. The van der Waals surface area contributed by atoms with Crippen molar-refractivity contribution in [2.75, 3.05) is 13.1 Å². The van der Waals surface area contributed by atoms with Crippen molar-refractivity contribution in [2.45, 2.75) is 33.1 Å². The molecule has 0 unspecified atom stereocenters. The molecule has 0 heterocycles. The summed E-state index contributed by atoms with van der Waals surface area (Å²) >= 11 is 0. The first-order chi connectivity index (χ1) is 9.41. The minimum Gasteiger partial charge on any atom is -0.481 e. The molecular weight excluding hydrogens is 254 g/mol. The summed E-state index contributed by atoms with van der Waals surface area (Å²) in [5.74, 6) is -0.815. The van der Waals surface area contributed by atoms with Crippen LogP contribution >= 0.6 is 0 Å². The maximum absolute atomic E-state index is 12.5. The van der Waals surface area contributed by atoms with E-state index in [-0.39, 0.29) is 24.8 Å². The van der Waals surface area contributed by atoms with Gasteiger partial charge >= 0.3 is 5.97 Å². The van der Waals surface area contributed by atoms with Gasteiger partial charge in [-0.2, -0.15) is 0 Å². The zero-order valence-electron chi connectivity index (χ0n) is 12.4. The van der Waals surface area contributed by atoms with E-state index in [0.717, 1.165) is 5.56 Å². The van der Waals surface area contributed by atoms with Crippen molar-refractivity contribution >= 4 is 11.9 Å². The average Bonchev–Trinajstić information content (AvgIpc) is 2.42. The molecule has 1 N–H and O–H groups in total. The lowest BCUT2D eigenvalue weighted by molar-refractivity contribution is -0.139. The number of rotatable bonds is 7. The van der Waals surface area contributed by atoms with Gasteiger partial charge in [0.2, 0.25) is 5.91 Å². The molecular formula is C16H23NO3. The SMILES string of the molecule is CC(C)CN(CCC(=O)O)C(=O)[C@H](C)c1ccccc1. The number of carbonyl (C=O) groups is 2. The molecule has 0 fully saturated rings. The smallest absolute Gasteiger partial charge is 0.305 e. The van der Waals surface area contributed by atoms with E-state index in [1.54, 1.807) is 4.90 Å². The van der Waals surface area contributed by atoms with Gasteiger partial charge in [-0.3, -0.25) is 9.59 Å². The van der Waals surface area contributed by atoms with Crippen LogP contribution in [0.3, 0.4) is 0 Å². The number of benzene rings is 1. The summed E-state index contributed by atoms with van der Waals surface area (Å²) in [6, 6.07) is 9.57. The molecule has 1 aromatic carbocycles. The maximum atomic E-state index is 12.5. The molecule has 1 aromatic rings. The van der Waals surface area contributed by atoms with Crippen molar-refractivity contribution in [3.8, 4) is 0 Å². The van der Waals surface area contributed by atoms with Gasteiger partial charge in [0.05, 0.1) is 12.3 Å². The van der Waals surface area contributed by atoms with Crippen LogP contribution in [0.4, 0.5) is 0 Å². The summed E-state index contributed by atoms with van der Waals surface area (Å²) in [4.78, 5) is 24.9. The highest BCUT2D eigenvalue weighted by atomic mass is 16.4. The number of hydrogen-bond acceptors (Lipinski definition) is 2. The van der Waals surface area contributed by atoms with Crippen molar-refractivity contribution in [3.05, 3.63) is 35.9 Å². The second-order valence-corrected chi connectivity index (χ2v) is 5.45. The number of hydrogen-bond donors (Lipinski definition) is 1. The average molecular weight is 277 g/mol. The van der Waals surface area contributed by atoms with Crippen molar-refractivity contribution in [1.29, 1.82) is 0 Å². The van der Waals surface area contributed by atoms with E-state index >= 15 is 0 Å². The van der Waals surface area contributed by atoms with Gasteiger partial charge in [-0.05, 0) is 18.4 Å². The van der Waals surface area contributed by atoms with Crippen molar-refractivity contribution in [2.24, 2.45) is 5.92 Å². The van der Waals surface area contributed by atoms with Crippen LogP contribution in [-0.2, 0) is 9.59 Å². The molecule has 0 bridgehead atoms. The lowest BCUT2D eigenvalue weighted by Crippen LogP contribution is -2.38. The Bertz CT molecular complexity index is 442. The Balaban J connectivity index is 2.78. The van der Waals surface area contributed by atoms with E-state index < -0.39 is 5.97 Å². The van der Waals surface area contributed by atoms with Gasteiger partial charge < -0.3 is 10.0 Å². The Morgan fingerprint density at radius 2 is 1.75 bits per heavy atom. The van der Waals surface area contributed by atoms with Crippen LogP contribution in [0.2, 0.25) is 0 Å². The summed E-state index contributed by atoms with van der Waals surface area (Å²) in [5.41, 5.74) is 0.960. The lowest BCUT2D eigenvalue weighted by Gasteiger charge is -2.27. The summed E-state index contributed by atoms with van der Waals surface area (Å²) in [5, 5.41) is 8.80. The van der Waals surface area contributed by atoms with Crippen molar-refractivity contribution in [1.82, 2.24) is 4.90 Å². The molecule has 0 aromatic heterocycles. The van der Waals surface area contributed by atoms with E-state index in [2.05, 4.69) is 0 Å². The minimum absolute atomic E-state index is 0.00819. The summed E-state index contributed by atoms with van der Waals surface area (Å²) in [6.45, 7) is 6.76. The van der Waals surface area contributed by atoms with Gasteiger partial charge in [0.1, 0.15) is 0 Å². The number of carbonyl (C=O) groups excluding carboxylic acids is 1. The highest BCUT2D eigenvalue weighted by molar-refractivity contribution is 5.83. The van der Waals surface area contributed by atoms with Gasteiger partial charge in [-0.25, -0.2) is 0 Å². The fourth-order valence-corrected chi connectivity index (χ4v) is 2.12. The first-order valence-electron chi connectivity index (χ1n) is 6.97. The zero-order chi connectivity index (χ0) is 15.1. The Kier molecular flexibility index (Phi) is 6.22. The Morgan fingerprint density at radius 1 is 1.15 bits per heavy atom. The predicted molar refractivity (Wildman–Crippen MR) is 78.5 cm³/mol. The maximum Gasteiger partial charge on any atom is 0.305 e. The standard InChI is InChI=1S/C16H23NO3/c1-12(2)11-17(10-9-15(18)19)16(20)13(3)14-7-5-4-6-8-14/h4-8,12-13H,9-11H2,1-3H3,(H,18,19)/t13-/m1/s1. The van der Waals surface area contributed by atoms with E-state index in [9.17, 15) is 9.59 Å². The molecule has 0 aliphatic heterocycles. The molecule has 4 nitrogen and oxygen atoms in total. The topological polar surface area (TPSA) is 57.6 Å². The fraction of sp³-hybridized carbons (Fsp3) is 0.500. The third kappa shape index (κ3) is 5.03. The van der Waals surface area contributed by atoms with Crippen molar-refractivity contribution < 1.29 is 14.7 Å². The summed E-state index contributed by atoms with van der Waals surface area (Å²) in [6.07, 6.45) is -0.0139. The molecule has 20 heavy (non-hydrogen) atoms. The van der Waals surface area contributed by atoms with E-state index in [0.29, 0.717) is 12.5 Å². The molecule has 0 aliphatic rings. The van der Waals surface area contributed by atoms with Crippen LogP contribution in [0, 0.1) is 5.92 Å². The molecule has 1 atom stereocenters. The first kappa shape index (κ1) is 16.2. The zero-order valence-corrected chi connectivity index (χ0v) is 12.4. The normalized spacial score (nSPS) is 12.2. The van der Waals surface area contributed by atoms with Crippen LogP contribution in [-0.4, -0.2) is 35.0 Å². The lowest BCUT2D eigenvalue weighted by atomic mass is 9.99. The molecule has 4 heteroatoms. The summed E-state index contributed by atoms with van der Waals surface area (Å²) in [7, 11) is 0. The number of carboxylic acids is 1. The molecule has 0 aliphatic carbocycles. The minimum atomic E-state index is -0.876. The van der Waals surface area contributed by atoms with Crippen LogP contribution in [0.25, 0.3) is 0 Å². The quantitative estimate of drug-likeness (QED) is 0.833. The number of nitrogens with zero attached hydrogens (tertiary/aromatic N) is 1. The third-order valence-corrected chi connectivity index (χ3v) is 3.16. The van der Waals surface area contributed by atoms with E-state index in [1.807, 2.05) is 51.1 Å². The van der Waals surface area contributed by atoms with Crippen LogP contribution < -0.4 is 0 Å². The van der Waals surface area contributed by atoms with Gasteiger partial charge in [0, 0.05) is 13.1 Å². The highest BCUT2D eigenvalue weighted by Crippen LogP contribution is 2.18. The molecule has 1 amide bonds. The van der Waals surface area contributed by atoms with Gasteiger partial charge in [-0.1, -0.05) is 44.2 Å². The Morgan fingerprint density at radius 3 is 2.25 bits per heavy atom. The first-order valence-corrected chi connectivity index (χ1v) is 6.97. The van der Waals surface area contributed by atoms with E-state index in [4.69, 9.17) is 5.11 Å². The van der Waals surface area contributed by atoms with Gasteiger partial charge in [0.25, 0.3) is 0 Å². The third-order valence-electron chi connectivity index (χ3n) is 3.16. The Labute approximate surface area is 120 Å². The second-order valence-electron chi connectivity index (χ2n) is 5.45.